The van der Waals surface area contributed by atoms with Crippen LogP contribution in [0.25, 0.3) is 0 Å². The predicted octanol–water partition coefficient (Wildman–Crippen LogP) is 3.28. The highest BCUT2D eigenvalue weighted by Gasteiger charge is 2.19. The average molecular weight is 261 g/mol. The molecule has 2 rings (SSSR count). The van der Waals surface area contributed by atoms with Gasteiger partial charge in [0, 0.05) is 12.6 Å². The molecule has 2 nitrogen and oxygen atoms in total. The van der Waals surface area contributed by atoms with E-state index < -0.39 is 0 Å². The van der Waals surface area contributed by atoms with Gasteiger partial charge in [0.05, 0.1) is 6.20 Å². The standard InChI is InChI=1S/C9H13BrN2S/c1-7-4-2-3-5-12(7)8-6-11-9(10)13-8/h6-7H,2-5H2,1H3. The summed E-state index contributed by atoms with van der Waals surface area (Å²) in [5, 5.41) is 1.30. The van der Waals surface area contributed by atoms with E-state index >= 15 is 0 Å². The maximum Gasteiger partial charge on any atom is 0.161 e. The first kappa shape index (κ1) is 9.46. The van der Waals surface area contributed by atoms with Crippen molar-refractivity contribution in [3.63, 3.8) is 0 Å². The highest BCUT2D eigenvalue weighted by molar-refractivity contribution is 9.11. The van der Waals surface area contributed by atoms with Crippen molar-refractivity contribution in [1.29, 1.82) is 0 Å². The first-order chi connectivity index (χ1) is 6.27. The maximum absolute atomic E-state index is 4.22. The van der Waals surface area contributed by atoms with E-state index in [-0.39, 0.29) is 0 Å². The Labute approximate surface area is 91.1 Å². The molecule has 0 aromatic carbocycles. The van der Waals surface area contributed by atoms with Crippen molar-refractivity contribution in [2.75, 3.05) is 11.4 Å². The Bertz CT molecular complexity index is 287. The maximum atomic E-state index is 4.22. The molecule has 0 radical (unpaired) electrons. The Morgan fingerprint density at radius 2 is 2.46 bits per heavy atom. The summed E-state index contributed by atoms with van der Waals surface area (Å²) in [6.07, 6.45) is 5.98. The Kier molecular flexibility index (Phi) is 2.89. The molecule has 13 heavy (non-hydrogen) atoms. The normalized spacial score (nSPS) is 23.5. The van der Waals surface area contributed by atoms with Crippen LogP contribution in [0.1, 0.15) is 26.2 Å². The Balaban J connectivity index is 2.14. The number of piperidine rings is 1. The summed E-state index contributed by atoms with van der Waals surface area (Å²) in [5.41, 5.74) is 0. The van der Waals surface area contributed by atoms with Crippen molar-refractivity contribution < 1.29 is 0 Å². The van der Waals surface area contributed by atoms with E-state index in [1.165, 1.54) is 30.8 Å². The molecule has 0 saturated carbocycles. The van der Waals surface area contributed by atoms with E-state index in [0.29, 0.717) is 6.04 Å². The third-order valence-electron chi connectivity index (χ3n) is 2.55. The zero-order chi connectivity index (χ0) is 9.26. The third-order valence-corrected chi connectivity index (χ3v) is 4.06. The second-order valence-electron chi connectivity index (χ2n) is 3.49. The van der Waals surface area contributed by atoms with E-state index in [1.807, 2.05) is 6.20 Å². The molecule has 2 heterocycles. The molecule has 0 bridgehead atoms. The van der Waals surface area contributed by atoms with Gasteiger partial charge >= 0.3 is 0 Å². The monoisotopic (exact) mass is 260 g/mol. The average Bonchev–Trinajstić information content (AvgIpc) is 2.53. The number of thiazole rings is 1. The molecule has 1 aliphatic rings. The van der Waals surface area contributed by atoms with Gasteiger partial charge in [-0.15, -0.1) is 0 Å². The third kappa shape index (κ3) is 2.05. The highest BCUT2D eigenvalue weighted by Crippen LogP contribution is 2.31. The number of anilines is 1. The predicted molar refractivity (Wildman–Crippen MR) is 60.5 cm³/mol. The molecule has 0 N–H and O–H groups in total. The zero-order valence-electron chi connectivity index (χ0n) is 7.66. The molecule has 1 saturated heterocycles. The number of aromatic nitrogens is 1. The van der Waals surface area contributed by atoms with E-state index in [0.717, 1.165) is 3.92 Å². The highest BCUT2D eigenvalue weighted by atomic mass is 79.9. The summed E-state index contributed by atoms with van der Waals surface area (Å²) >= 11 is 5.13. The minimum atomic E-state index is 0.682. The molecule has 0 amide bonds. The van der Waals surface area contributed by atoms with Crippen LogP contribution < -0.4 is 4.90 Å². The van der Waals surface area contributed by atoms with Crippen molar-refractivity contribution >= 4 is 32.3 Å². The molecule has 1 unspecified atom stereocenters. The Morgan fingerprint density at radius 1 is 1.62 bits per heavy atom. The lowest BCUT2D eigenvalue weighted by molar-refractivity contribution is 0.487. The lowest BCUT2D eigenvalue weighted by Crippen LogP contribution is -2.36. The lowest BCUT2D eigenvalue weighted by atomic mass is 10.0. The van der Waals surface area contributed by atoms with Gasteiger partial charge in [0.15, 0.2) is 3.92 Å². The van der Waals surface area contributed by atoms with E-state index in [2.05, 4.69) is 32.7 Å². The summed E-state index contributed by atoms with van der Waals surface area (Å²) in [7, 11) is 0. The minimum Gasteiger partial charge on any atom is -0.359 e. The van der Waals surface area contributed by atoms with Gasteiger partial charge in [-0.3, -0.25) is 0 Å². The van der Waals surface area contributed by atoms with Crippen LogP contribution in [0.15, 0.2) is 10.1 Å². The second kappa shape index (κ2) is 3.96. The molecule has 0 aliphatic carbocycles. The molecule has 1 aromatic rings. The quantitative estimate of drug-likeness (QED) is 0.771. The molecular formula is C9H13BrN2S. The fourth-order valence-corrected chi connectivity index (χ4v) is 3.18. The van der Waals surface area contributed by atoms with Gasteiger partial charge in [0.2, 0.25) is 0 Å². The molecule has 72 valence electrons. The van der Waals surface area contributed by atoms with Crippen LogP contribution in [-0.2, 0) is 0 Å². The van der Waals surface area contributed by atoms with Crippen molar-refractivity contribution in [2.45, 2.75) is 32.2 Å². The number of halogens is 1. The van der Waals surface area contributed by atoms with Crippen molar-refractivity contribution in [1.82, 2.24) is 4.98 Å². The molecule has 1 atom stereocenters. The van der Waals surface area contributed by atoms with Crippen LogP contribution in [-0.4, -0.2) is 17.6 Å². The van der Waals surface area contributed by atoms with Crippen LogP contribution in [0, 0.1) is 0 Å². The van der Waals surface area contributed by atoms with Crippen LogP contribution in [0.3, 0.4) is 0 Å². The molecule has 1 fully saturated rings. The Hall–Kier alpha value is -0.0900. The van der Waals surface area contributed by atoms with Gasteiger partial charge in [-0.25, -0.2) is 4.98 Å². The molecule has 1 aromatic heterocycles. The van der Waals surface area contributed by atoms with Crippen molar-refractivity contribution in [2.24, 2.45) is 0 Å². The SMILES string of the molecule is CC1CCCCN1c1cnc(Br)s1. The first-order valence-electron chi connectivity index (χ1n) is 4.65. The van der Waals surface area contributed by atoms with Gasteiger partial charge in [-0.1, -0.05) is 11.3 Å². The van der Waals surface area contributed by atoms with Crippen molar-refractivity contribution in [3.05, 3.63) is 10.1 Å². The molecular weight excluding hydrogens is 248 g/mol. The lowest BCUT2D eigenvalue weighted by Gasteiger charge is -2.33. The van der Waals surface area contributed by atoms with Crippen LogP contribution in [0.4, 0.5) is 5.00 Å². The summed E-state index contributed by atoms with van der Waals surface area (Å²) in [5.74, 6) is 0. The summed E-state index contributed by atoms with van der Waals surface area (Å²) in [6.45, 7) is 3.49. The molecule has 1 aliphatic heterocycles. The van der Waals surface area contributed by atoms with Crippen LogP contribution >= 0.6 is 27.3 Å². The second-order valence-corrected chi connectivity index (χ2v) is 5.77. The Morgan fingerprint density at radius 3 is 3.08 bits per heavy atom. The van der Waals surface area contributed by atoms with Crippen molar-refractivity contribution in [3.8, 4) is 0 Å². The molecule has 0 spiro atoms. The number of rotatable bonds is 1. The fourth-order valence-electron chi connectivity index (χ4n) is 1.80. The van der Waals surface area contributed by atoms with E-state index in [1.54, 1.807) is 11.3 Å². The van der Waals surface area contributed by atoms with Crippen LogP contribution in [0.5, 0.6) is 0 Å². The van der Waals surface area contributed by atoms with E-state index in [4.69, 9.17) is 0 Å². The summed E-state index contributed by atoms with van der Waals surface area (Å²) in [6, 6.07) is 0.682. The number of hydrogen-bond acceptors (Lipinski definition) is 3. The summed E-state index contributed by atoms with van der Waals surface area (Å²) in [4.78, 5) is 6.68. The smallest absolute Gasteiger partial charge is 0.161 e. The van der Waals surface area contributed by atoms with Gasteiger partial charge in [0.25, 0.3) is 0 Å². The minimum absolute atomic E-state index is 0.682. The largest absolute Gasteiger partial charge is 0.359 e. The first-order valence-corrected chi connectivity index (χ1v) is 6.26. The van der Waals surface area contributed by atoms with Gasteiger partial charge < -0.3 is 4.90 Å². The van der Waals surface area contributed by atoms with E-state index in [9.17, 15) is 0 Å². The number of nitrogens with zero attached hydrogens (tertiary/aromatic N) is 2. The number of hydrogen-bond donors (Lipinski definition) is 0. The molecule has 4 heteroatoms. The topological polar surface area (TPSA) is 16.1 Å². The fraction of sp³-hybridized carbons (Fsp3) is 0.667. The van der Waals surface area contributed by atoms with Gasteiger partial charge in [-0.05, 0) is 42.1 Å². The van der Waals surface area contributed by atoms with Crippen LogP contribution in [0.2, 0.25) is 0 Å². The van der Waals surface area contributed by atoms with Gasteiger partial charge in [-0.2, -0.15) is 0 Å². The van der Waals surface area contributed by atoms with Gasteiger partial charge in [0.1, 0.15) is 5.00 Å². The zero-order valence-corrected chi connectivity index (χ0v) is 10.1. The summed E-state index contributed by atoms with van der Waals surface area (Å²) < 4.78 is 0.986.